The van der Waals surface area contributed by atoms with E-state index < -0.39 is 24.2 Å². The lowest BCUT2D eigenvalue weighted by Crippen LogP contribution is -2.46. The largest absolute Gasteiger partial charge is 0.455 e. The molecule has 0 N–H and O–H groups in total. The van der Waals surface area contributed by atoms with Crippen molar-refractivity contribution in [3.05, 3.63) is 0 Å². The first-order valence-electron chi connectivity index (χ1n) is 10.2. The van der Waals surface area contributed by atoms with E-state index in [1.807, 2.05) is 0 Å². The van der Waals surface area contributed by atoms with Crippen molar-refractivity contribution in [2.75, 3.05) is 5.79 Å². The molecule has 0 heterocycles. The molecule has 0 bridgehead atoms. The molecule has 0 spiro atoms. The quantitative estimate of drug-likeness (QED) is 0.342. The van der Waals surface area contributed by atoms with Gasteiger partial charge in [0.25, 0.3) is 0 Å². The first kappa shape index (κ1) is 21.8. The van der Waals surface area contributed by atoms with Crippen molar-refractivity contribution in [2.24, 2.45) is 0 Å². The van der Waals surface area contributed by atoms with Gasteiger partial charge in [-0.3, -0.25) is 4.57 Å². The first-order valence-corrected chi connectivity index (χ1v) is 18.5. The molecule has 0 atom stereocenters. The lowest BCUT2D eigenvalue weighted by molar-refractivity contribution is 0.0805. The van der Waals surface area contributed by atoms with E-state index in [0.717, 1.165) is 25.7 Å². The third-order valence-electron chi connectivity index (χ3n) is 4.88. The van der Waals surface area contributed by atoms with Gasteiger partial charge >= 0.3 is 7.60 Å². The smallest absolute Gasteiger partial charge is 0.330 e. The van der Waals surface area contributed by atoms with Crippen molar-refractivity contribution >= 4 is 24.2 Å². The highest BCUT2D eigenvalue weighted by atomic mass is 31.2. The van der Waals surface area contributed by atoms with Crippen molar-refractivity contribution in [3.8, 4) is 0 Å². The van der Waals surface area contributed by atoms with Gasteiger partial charge in [-0.1, -0.05) is 38.5 Å². The van der Waals surface area contributed by atoms with E-state index in [-0.39, 0.29) is 12.2 Å². The maximum atomic E-state index is 13.8. The van der Waals surface area contributed by atoms with Crippen LogP contribution in [0.25, 0.3) is 0 Å². The molecule has 0 aromatic heterocycles. The van der Waals surface area contributed by atoms with Crippen LogP contribution in [0, 0.1) is 0 Å². The Bertz CT molecular complexity index is 428. The van der Waals surface area contributed by atoms with E-state index in [4.69, 9.17) is 13.2 Å². The predicted molar refractivity (Wildman–Crippen MR) is 110 cm³/mol. The zero-order chi connectivity index (χ0) is 18.6. The molecule has 0 unspecified atom stereocenters. The van der Waals surface area contributed by atoms with Crippen molar-refractivity contribution in [1.29, 1.82) is 0 Å². The lowest BCUT2D eigenvalue weighted by Gasteiger charge is -2.37. The molecule has 0 aromatic rings. The Morgan fingerprint density at radius 3 is 1.52 bits per heavy atom. The summed E-state index contributed by atoms with van der Waals surface area (Å²) in [5.74, 6) is 0.497. The van der Waals surface area contributed by atoms with Crippen LogP contribution in [-0.4, -0.2) is 34.6 Å². The van der Waals surface area contributed by atoms with Crippen molar-refractivity contribution in [1.82, 2.24) is 0 Å². The van der Waals surface area contributed by atoms with Gasteiger partial charge in [0.1, 0.15) is 0 Å². The van der Waals surface area contributed by atoms with Gasteiger partial charge in [0, 0.05) is 0 Å². The summed E-state index contributed by atoms with van der Waals surface area (Å²) in [6.07, 6.45) is 11.6. The van der Waals surface area contributed by atoms with Crippen molar-refractivity contribution in [3.63, 3.8) is 0 Å². The summed E-state index contributed by atoms with van der Waals surface area (Å²) in [5.41, 5.74) is 0. The molecular weight excluding hydrogens is 367 g/mol. The van der Waals surface area contributed by atoms with Crippen LogP contribution in [0.4, 0.5) is 0 Å². The fraction of sp³-hybridized carbons (Fsp3) is 1.00. The average molecular weight is 407 g/mol. The molecule has 0 aromatic carbocycles. The summed E-state index contributed by atoms with van der Waals surface area (Å²) in [7, 11) is -6.87. The molecule has 0 aliphatic heterocycles. The molecule has 2 fully saturated rings. The Hall–Kier alpha value is 0.544. The van der Waals surface area contributed by atoms with Crippen LogP contribution in [0.1, 0.15) is 64.2 Å². The van der Waals surface area contributed by atoms with E-state index in [9.17, 15) is 4.57 Å². The summed E-state index contributed by atoms with van der Waals surface area (Å²) in [4.78, 5) is 0. The summed E-state index contributed by atoms with van der Waals surface area (Å²) in [6.45, 7) is 11.0. The van der Waals surface area contributed by atoms with Crippen LogP contribution in [0.15, 0.2) is 0 Å². The summed E-state index contributed by atoms with van der Waals surface area (Å²) < 4.78 is 32.7. The summed E-state index contributed by atoms with van der Waals surface area (Å²) in [6, 6.07) is 0. The van der Waals surface area contributed by atoms with E-state index in [1.165, 1.54) is 38.5 Å². The van der Waals surface area contributed by atoms with Crippen LogP contribution >= 0.6 is 7.60 Å². The molecule has 2 aliphatic rings. The van der Waals surface area contributed by atoms with Gasteiger partial charge in [0.2, 0.25) is 0 Å². The lowest BCUT2D eigenvalue weighted by atomic mass is 9.98. The second-order valence-corrected chi connectivity index (χ2v) is 20.9. The summed E-state index contributed by atoms with van der Waals surface area (Å²) in [5, 5.41) is 0. The molecule has 0 amide bonds. The molecular formula is C18H39O4PSi2. The highest BCUT2D eigenvalue weighted by Crippen LogP contribution is 2.55. The molecule has 0 saturated heterocycles. The normalized spacial score (nSPS) is 22.3. The van der Waals surface area contributed by atoms with E-state index >= 15 is 0 Å². The molecule has 148 valence electrons. The number of hydrogen-bond donors (Lipinski definition) is 0. The molecule has 2 rings (SSSR count). The fourth-order valence-electron chi connectivity index (χ4n) is 4.22. The minimum atomic E-state index is -3.10. The maximum absolute atomic E-state index is 13.8. The average Bonchev–Trinajstić information content (AvgIpc) is 2.45. The van der Waals surface area contributed by atoms with Gasteiger partial charge < -0.3 is 13.2 Å². The topological polar surface area (TPSA) is 44.8 Å². The Morgan fingerprint density at radius 1 is 0.760 bits per heavy atom. The highest BCUT2D eigenvalue weighted by Gasteiger charge is 2.42. The van der Waals surface area contributed by atoms with Gasteiger partial charge in [-0.25, -0.2) is 0 Å². The Labute approximate surface area is 157 Å². The van der Waals surface area contributed by atoms with Gasteiger partial charge in [0.15, 0.2) is 16.6 Å². The van der Waals surface area contributed by atoms with E-state index in [1.54, 1.807) is 0 Å². The van der Waals surface area contributed by atoms with Crippen LogP contribution in [0.3, 0.4) is 0 Å². The van der Waals surface area contributed by atoms with Crippen LogP contribution in [0.2, 0.25) is 32.7 Å². The van der Waals surface area contributed by atoms with Gasteiger partial charge in [-0.15, -0.1) is 0 Å². The van der Waals surface area contributed by atoms with Crippen LogP contribution < -0.4 is 0 Å². The third kappa shape index (κ3) is 8.40. The molecule has 2 saturated carbocycles. The molecule has 4 nitrogen and oxygen atoms in total. The van der Waals surface area contributed by atoms with Gasteiger partial charge in [-0.05, 0) is 58.4 Å². The number of hydrogen-bond acceptors (Lipinski definition) is 4. The monoisotopic (exact) mass is 406 g/mol. The van der Waals surface area contributed by atoms with Crippen LogP contribution in [-0.2, 0) is 17.7 Å². The first-order chi connectivity index (χ1) is 11.6. The Balaban J connectivity index is 2.07. The predicted octanol–water partition coefficient (Wildman–Crippen LogP) is 6.47. The minimum absolute atomic E-state index is 0.111. The van der Waals surface area contributed by atoms with Crippen molar-refractivity contribution < 1.29 is 17.7 Å². The van der Waals surface area contributed by atoms with E-state index in [2.05, 4.69) is 32.7 Å². The zero-order valence-electron chi connectivity index (χ0n) is 17.0. The van der Waals surface area contributed by atoms with E-state index in [0.29, 0.717) is 5.79 Å². The zero-order valence-corrected chi connectivity index (χ0v) is 19.9. The standard InChI is InChI=1S/C18H39O4PSi2/c1-24(2,3)22-25(4,5)16-23(19,20-17-12-8-6-9-13-17)21-18-14-10-7-11-15-18/h17-18H,6-16H2,1-5H3. The Morgan fingerprint density at radius 2 is 1.16 bits per heavy atom. The van der Waals surface area contributed by atoms with Crippen molar-refractivity contribution in [2.45, 2.75) is 109 Å². The molecule has 7 heteroatoms. The summed E-state index contributed by atoms with van der Waals surface area (Å²) >= 11 is 0. The minimum Gasteiger partial charge on any atom is -0.455 e. The number of rotatable bonds is 8. The molecule has 0 radical (unpaired) electrons. The maximum Gasteiger partial charge on any atom is 0.330 e. The van der Waals surface area contributed by atoms with Gasteiger partial charge in [-0.2, -0.15) is 0 Å². The SMILES string of the molecule is C[Si](C)(C)O[Si](C)(C)CP(=O)(OC1CCCCC1)OC1CCCCC1. The highest BCUT2D eigenvalue weighted by molar-refractivity contribution is 7.56. The fourth-order valence-corrected chi connectivity index (χ4v) is 17.4. The second-order valence-electron chi connectivity index (χ2n) is 9.47. The second kappa shape index (κ2) is 9.16. The Kier molecular flexibility index (Phi) is 8.00. The third-order valence-corrected chi connectivity index (χ3v) is 15.4. The van der Waals surface area contributed by atoms with Crippen LogP contribution in [0.5, 0.6) is 0 Å². The molecule has 2 aliphatic carbocycles. The molecule has 25 heavy (non-hydrogen) atoms. The van der Waals surface area contributed by atoms with Gasteiger partial charge in [0.05, 0.1) is 18.0 Å².